The first-order valence-electron chi connectivity index (χ1n) is 8.63. The highest BCUT2D eigenvalue weighted by molar-refractivity contribution is 6.31. The summed E-state index contributed by atoms with van der Waals surface area (Å²) < 4.78 is 5.29. The van der Waals surface area contributed by atoms with Crippen molar-refractivity contribution in [2.24, 2.45) is 0 Å². The van der Waals surface area contributed by atoms with E-state index in [1.54, 1.807) is 13.2 Å². The van der Waals surface area contributed by atoms with Crippen LogP contribution >= 0.6 is 11.6 Å². The lowest BCUT2D eigenvalue weighted by atomic mass is 10.1. The van der Waals surface area contributed by atoms with Crippen LogP contribution in [0.5, 0.6) is 5.88 Å². The smallest absolute Gasteiger partial charge is 0.221 e. The quantitative estimate of drug-likeness (QED) is 0.470. The Bertz CT molecular complexity index is 1210. The fourth-order valence-electron chi connectivity index (χ4n) is 3.04. The predicted molar refractivity (Wildman–Crippen MR) is 113 cm³/mol. The lowest BCUT2D eigenvalue weighted by molar-refractivity contribution is -0.114. The van der Waals surface area contributed by atoms with Gasteiger partial charge in [-0.1, -0.05) is 23.7 Å². The Balaban J connectivity index is 1.97. The number of fused-ring (bicyclic) bond motifs is 2. The van der Waals surface area contributed by atoms with Gasteiger partial charge in [0.05, 0.1) is 35.2 Å². The molecule has 0 unspecified atom stereocenters. The minimum Gasteiger partial charge on any atom is -0.481 e. The molecule has 1 amide bonds. The lowest BCUT2D eigenvalue weighted by Gasteiger charge is -2.16. The number of para-hydroxylation sites is 2. The number of halogens is 1. The van der Waals surface area contributed by atoms with E-state index in [-0.39, 0.29) is 5.91 Å². The number of hydrogen-bond acceptors (Lipinski definition) is 5. The van der Waals surface area contributed by atoms with Crippen LogP contribution in [0.1, 0.15) is 6.92 Å². The Kier molecular flexibility index (Phi) is 4.71. The lowest BCUT2D eigenvalue weighted by Crippen LogP contribution is -2.08. The number of anilines is 3. The summed E-state index contributed by atoms with van der Waals surface area (Å²) in [5, 5.41) is 7.72. The maximum absolute atomic E-state index is 11.6. The van der Waals surface area contributed by atoms with Crippen LogP contribution in [-0.4, -0.2) is 23.0 Å². The van der Waals surface area contributed by atoms with Crippen LogP contribution in [0.2, 0.25) is 5.02 Å². The number of carbonyl (C=O) groups excluding carboxylic acids is 1. The minimum atomic E-state index is -0.148. The number of rotatable bonds is 4. The molecule has 2 N–H and O–H groups in total. The second kappa shape index (κ2) is 7.32. The van der Waals surface area contributed by atoms with E-state index in [0.29, 0.717) is 27.6 Å². The van der Waals surface area contributed by atoms with Crippen molar-refractivity contribution in [2.75, 3.05) is 17.7 Å². The molecule has 0 spiro atoms. The van der Waals surface area contributed by atoms with Crippen molar-refractivity contribution in [3.63, 3.8) is 0 Å². The van der Waals surface area contributed by atoms with E-state index in [9.17, 15) is 4.79 Å². The van der Waals surface area contributed by atoms with E-state index >= 15 is 0 Å². The molecule has 4 aromatic rings. The van der Waals surface area contributed by atoms with E-state index in [1.807, 2.05) is 48.5 Å². The van der Waals surface area contributed by atoms with Gasteiger partial charge in [-0.15, -0.1) is 0 Å². The molecule has 0 aliphatic carbocycles. The van der Waals surface area contributed by atoms with Gasteiger partial charge in [0.15, 0.2) is 0 Å². The van der Waals surface area contributed by atoms with Crippen molar-refractivity contribution < 1.29 is 9.53 Å². The van der Waals surface area contributed by atoms with Gasteiger partial charge in [-0.05, 0) is 36.4 Å². The highest BCUT2D eigenvalue weighted by atomic mass is 35.5. The third-order valence-electron chi connectivity index (χ3n) is 4.26. The van der Waals surface area contributed by atoms with Crippen LogP contribution < -0.4 is 15.4 Å². The zero-order valence-corrected chi connectivity index (χ0v) is 16.0. The highest BCUT2D eigenvalue weighted by Crippen LogP contribution is 2.36. The molecule has 0 radical (unpaired) electrons. The Labute approximate surface area is 166 Å². The molecular formula is C21H17ClN4O2. The number of aromatic nitrogens is 2. The Morgan fingerprint density at radius 3 is 2.54 bits per heavy atom. The summed E-state index contributed by atoms with van der Waals surface area (Å²) in [7, 11) is 1.57. The summed E-state index contributed by atoms with van der Waals surface area (Å²) in [5.41, 5.74) is 4.28. The molecule has 0 bridgehead atoms. The monoisotopic (exact) mass is 392 g/mol. The Hall–Kier alpha value is -3.38. The van der Waals surface area contributed by atoms with Crippen LogP contribution in [0.4, 0.5) is 17.1 Å². The van der Waals surface area contributed by atoms with Crippen LogP contribution in [0.15, 0.2) is 54.6 Å². The predicted octanol–water partition coefficient (Wildman–Crippen LogP) is 5.15. The molecule has 2 aromatic heterocycles. The van der Waals surface area contributed by atoms with Gasteiger partial charge in [-0.25, -0.2) is 9.97 Å². The van der Waals surface area contributed by atoms with Crippen molar-refractivity contribution >= 4 is 56.5 Å². The van der Waals surface area contributed by atoms with Crippen LogP contribution in [0, 0.1) is 0 Å². The molecule has 0 atom stereocenters. The number of nitrogens with zero attached hydrogens (tertiary/aromatic N) is 2. The molecular weight excluding hydrogens is 376 g/mol. The van der Waals surface area contributed by atoms with Crippen molar-refractivity contribution in [1.29, 1.82) is 0 Å². The molecule has 0 fully saturated rings. The zero-order chi connectivity index (χ0) is 19.7. The number of nitrogens with one attached hydrogen (secondary N) is 2. The molecule has 0 aliphatic rings. The fourth-order valence-corrected chi connectivity index (χ4v) is 3.21. The van der Waals surface area contributed by atoms with Crippen molar-refractivity contribution in [3.05, 3.63) is 59.6 Å². The Morgan fingerprint density at radius 1 is 1.00 bits per heavy atom. The summed E-state index contributed by atoms with van der Waals surface area (Å²) in [6.45, 7) is 1.47. The average Bonchev–Trinajstić information content (AvgIpc) is 2.68. The van der Waals surface area contributed by atoms with Crippen molar-refractivity contribution in [3.8, 4) is 5.88 Å². The summed E-state index contributed by atoms with van der Waals surface area (Å²) in [5.74, 6) is 0.339. The number of benzene rings is 2. The third-order valence-corrected chi connectivity index (χ3v) is 4.50. The van der Waals surface area contributed by atoms with Gasteiger partial charge in [-0.3, -0.25) is 4.79 Å². The van der Waals surface area contributed by atoms with Gasteiger partial charge in [0.1, 0.15) is 5.52 Å². The molecule has 6 nitrogen and oxygen atoms in total. The van der Waals surface area contributed by atoms with E-state index in [0.717, 1.165) is 22.3 Å². The average molecular weight is 393 g/mol. The first kappa shape index (κ1) is 18.0. The summed E-state index contributed by atoms with van der Waals surface area (Å²) in [6.07, 6.45) is 0. The van der Waals surface area contributed by atoms with Gasteiger partial charge in [0, 0.05) is 23.4 Å². The number of methoxy groups -OCH3 is 1. The third kappa shape index (κ3) is 3.42. The molecule has 0 saturated carbocycles. The molecule has 0 saturated heterocycles. The summed E-state index contributed by atoms with van der Waals surface area (Å²) in [6, 6.07) is 16.6. The van der Waals surface area contributed by atoms with Crippen LogP contribution in [-0.2, 0) is 4.79 Å². The second-order valence-corrected chi connectivity index (χ2v) is 6.66. The Morgan fingerprint density at radius 2 is 1.79 bits per heavy atom. The van der Waals surface area contributed by atoms with Crippen LogP contribution in [0.25, 0.3) is 21.9 Å². The van der Waals surface area contributed by atoms with Crippen molar-refractivity contribution in [2.45, 2.75) is 6.92 Å². The van der Waals surface area contributed by atoms with Crippen molar-refractivity contribution in [1.82, 2.24) is 9.97 Å². The standard InChI is InChI=1S/C21H17ClN4O2/c1-12(27)23-15-5-3-4-6-16(15)25-20-14-8-7-13(22)11-18(14)24-17-9-10-19(28-2)26-21(17)20/h3-11H,1-2H3,(H,23,27)(H,24,25). The van der Waals surface area contributed by atoms with Gasteiger partial charge >= 0.3 is 0 Å². The van der Waals surface area contributed by atoms with E-state index < -0.39 is 0 Å². The molecule has 2 heterocycles. The van der Waals surface area contributed by atoms with Crippen LogP contribution in [0.3, 0.4) is 0 Å². The zero-order valence-electron chi connectivity index (χ0n) is 15.3. The number of hydrogen-bond donors (Lipinski definition) is 2. The summed E-state index contributed by atoms with van der Waals surface area (Å²) in [4.78, 5) is 20.8. The van der Waals surface area contributed by atoms with Gasteiger partial charge < -0.3 is 15.4 Å². The van der Waals surface area contributed by atoms with Gasteiger partial charge in [0.25, 0.3) is 0 Å². The molecule has 0 aliphatic heterocycles. The first-order valence-corrected chi connectivity index (χ1v) is 9.00. The largest absolute Gasteiger partial charge is 0.481 e. The molecule has 2 aromatic carbocycles. The normalized spacial score (nSPS) is 10.8. The minimum absolute atomic E-state index is 0.148. The number of pyridine rings is 2. The SMILES string of the molecule is COc1ccc2nc3cc(Cl)ccc3c(Nc3ccccc3NC(C)=O)c2n1. The molecule has 4 rings (SSSR count). The van der Waals surface area contributed by atoms with Gasteiger partial charge in [-0.2, -0.15) is 0 Å². The number of ether oxygens (including phenoxy) is 1. The van der Waals surface area contributed by atoms with E-state index in [4.69, 9.17) is 16.3 Å². The van der Waals surface area contributed by atoms with Gasteiger partial charge in [0.2, 0.25) is 11.8 Å². The fraction of sp³-hybridized carbons (Fsp3) is 0.0952. The molecule has 7 heteroatoms. The number of carbonyl (C=O) groups is 1. The maximum atomic E-state index is 11.6. The highest BCUT2D eigenvalue weighted by Gasteiger charge is 2.14. The van der Waals surface area contributed by atoms with E-state index in [2.05, 4.69) is 20.6 Å². The molecule has 140 valence electrons. The topological polar surface area (TPSA) is 76.1 Å². The number of amides is 1. The second-order valence-electron chi connectivity index (χ2n) is 6.22. The maximum Gasteiger partial charge on any atom is 0.221 e. The molecule has 28 heavy (non-hydrogen) atoms. The van der Waals surface area contributed by atoms with E-state index in [1.165, 1.54) is 6.92 Å². The summed E-state index contributed by atoms with van der Waals surface area (Å²) >= 11 is 6.17. The first-order chi connectivity index (χ1) is 13.5.